The number of ether oxygens (including phenoxy) is 1. The largest absolute Gasteiger partial charge is 0.462 e. The summed E-state index contributed by atoms with van der Waals surface area (Å²) < 4.78 is 4.79. The fraction of sp³-hybridized carbons (Fsp3) is 0.800. The molecule has 0 aliphatic carbocycles. The Morgan fingerprint density at radius 1 is 1.36 bits per heavy atom. The van der Waals surface area contributed by atoms with E-state index in [4.69, 9.17) is 4.74 Å². The van der Waals surface area contributed by atoms with Crippen LogP contribution in [-0.4, -0.2) is 21.9 Å². The monoisotopic (exact) mass is 218 g/mol. The molecule has 0 fully saturated rings. The van der Waals surface area contributed by atoms with E-state index in [1.807, 2.05) is 20.8 Å². The Kier molecular flexibility index (Phi) is 5.19. The highest BCUT2D eigenvalue weighted by atomic mass is 32.2. The second-order valence-corrected chi connectivity index (χ2v) is 6.09. The average Bonchev–Trinajstić information content (AvgIpc) is 1.77. The molecule has 14 heavy (non-hydrogen) atoms. The third-order valence-corrected chi connectivity index (χ3v) is 2.25. The zero-order valence-corrected chi connectivity index (χ0v) is 10.2. The van der Waals surface area contributed by atoms with E-state index in [2.05, 4.69) is 0 Å². The van der Waals surface area contributed by atoms with Crippen molar-refractivity contribution in [3.63, 3.8) is 0 Å². The Morgan fingerprint density at radius 2 is 1.86 bits per heavy atom. The van der Waals surface area contributed by atoms with E-state index in [-0.39, 0.29) is 28.4 Å². The number of rotatable bonds is 3. The fourth-order valence-electron chi connectivity index (χ4n) is 0.943. The van der Waals surface area contributed by atoms with Crippen molar-refractivity contribution in [1.82, 2.24) is 0 Å². The molecule has 0 aliphatic heterocycles. The van der Waals surface area contributed by atoms with Gasteiger partial charge in [-0.2, -0.15) is 0 Å². The molecule has 0 spiro atoms. The summed E-state index contributed by atoms with van der Waals surface area (Å²) in [6.45, 7) is 9.00. The summed E-state index contributed by atoms with van der Waals surface area (Å²) in [5.74, 6) is -0.342. The van der Waals surface area contributed by atoms with E-state index in [0.29, 0.717) is 0 Å². The van der Waals surface area contributed by atoms with Gasteiger partial charge in [-0.25, -0.2) is 0 Å². The number of carbonyl (C=O) groups excluding carboxylic acids is 2. The Bertz CT molecular complexity index is 218. The zero-order valence-electron chi connectivity index (χ0n) is 9.42. The summed E-state index contributed by atoms with van der Waals surface area (Å²) in [6.07, 6.45) is -0.0449. The first-order valence-electron chi connectivity index (χ1n) is 4.60. The number of thioether (sulfide) groups is 1. The summed E-state index contributed by atoms with van der Waals surface area (Å²) in [6, 6.07) is 0. The molecule has 0 unspecified atom stereocenters. The summed E-state index contributed by atoms with van der Waals surface area (Å²) in [4.78, 5) is 22.0. The number of hydrogen-bond acceptors (Lipinski definition) is 4. The first-order valence-corrected chi connectivity index (χ1v) is 5.41. The number of hydrogen-bond donors (Lipinski definition) is 0. The van der Waals surface area contributed by atoms with Gasteiger partial charge in [-0.3, -0.25) is 9.59 Å². The molecule has 0 saturated heterocycles. The normalized spacial score (nSPS) is 13.5. The zero-order chi connectivity index (χ0) is 11.4. The molecule has 0 rings (SSSR count). The third kappa shape index (κ3) is 8.10. The van der Waals surface area contributed by atoms with Crippen LogP contribution in [0.5, 0.6) is 0 Å². The number of carbonyl (C=O) groups is 2. The van der Waals surface area contributed by atoms with E-state index in [1.165, 1.54) is 18.7 Å². The van der Waals surface area contributed by atoms with Crippen LogP contribution in [0.25, 0.3) is 0 Å². The molecule has 0 heterocycles. The number of esters is 1. The van der Waals surface area contributed by atoms with Crippen molar-refractivity contribution < 1.29 is 14.3 Å². The van der Waals surface area contributed by atoms with Crippen LogP contribution in [0.4, 0.5) is 0 Å². The third-order valence-electron chi connectivity index (χ3n) is 1.24. The van der Waals surface area contributed by atoms with E-state index >= 15 is 0 Å². The van der Waals surface area contributed by atoms with Crippen molar-refractivity contribution in [3.05, 3.63) is 0 Å². The molecule has 0 aliphatic rings. The topological polar surface area (TPSA) is 43.4 Å². The molecule has 0 bridgehead atoms. The fourth-order valence-corrected chi connectivity index (χ4v) is 1.94. The maximum Gasteiger partial charge on any atom is 0.302 e. The minimum absolute atomic E-state index is 0.0613. The van der Waals surface area contributed by atoms with E-state index in [1.54, 1.807) is 6.92 Å². The molecule has 0 aromatic heterocycles. The summed E-state index contributed by atoms with van der Waals surface area (Å²) in [7, 11) is 0. The molecule has 0 radical (unpaired) electrons. The summed E-state index contributed by atoms with van der Waals surface area (Å²) >= 11 is 1.28. The Morgan fingerprint density at radius 3 is 2.21 bits per heavy atom. The SMILES string of the molecule is CC(=O)O[C@@H](C)CC(=O)SC(C)(C)C. The summed E-state index contributed by atoms with van der Waals surface area (Å²) in [5, 5.41) is 0.0613. The minimum Gasteiger partial charge on any atom is -0.462 e. The van der Waals surface area contributed by atoms with Crippen LogP contribution in [-0.2, 0) is 14.3 Å². The average molecular weight is 218 g/mol. The molecular formula is C10H18O3S. The van der Waals surface area contributed by atoms with Gasteiger partial charge in [-0.1, -0.05) is 32.5 Å². The van der Waals surface area contributed by atoms with Crippen molar-refractivity contribution >= 4 is 22.8 Å². The van der Waals surface area contributed by atoms with Gasteiger partial charge in [-0.15, -0.1) is 0 Å². The van der Waals surface area contributed by atoms with Crippen LogP contribution in [0.15, 0.2) is 0 Å². The smallest absolute Gasteiger partial charge is 0.302 e. The maximum absolute atomic E-state index is 11.4. The van der Waals surface area contributed by atoms with Crippen LogP contribution in [0.1, 0.15) is 41.0 Å². The predicted octanol–water partition coefficient (Wildman–Crippen LogP) is 2.39. The highest BCUT2D eigenvalue weighted by Crippen LogP contribution is 2.25. The highest BCUT2D eigenvalue weighted by Gasteiger charge is 2.19. The van der Waals surface area contributed by atoms with Gasteiger partial charge < -0.3 is 4.74 Å². The van der Waals surface area contributed by atoms with Crippen LogP contribution in [0.3, 0.4) is 0 Å². The van der Waals surface area contributed by atoms with Crippen LogP contribution in [0.2, 0.25) is 0 Å². The van der Waals surface area contributed by atoms with Crippen LogP contribution >= 0.6 is 11.8 Å². The molecule has 0 aromatic rings. The molecular weight excluding hydrogens is 200 g/mol. The second-order valence-electron chi connectivity index (χ2n) is 4.21. The summed E-state index contributed by atoms with van der Waals surface area (Å²) in [5.41, 5.74) is 0. The van der Waals surface area contributed by atoms with Gasteiger partial charge in [0.05, 0.1) is 6.42 Å². The van der Waals surface area contributed by atoms with Gasteiger partial charge in [0, 0.05) is 11.7 Å². The van der Waals surface area contributed by atoms with Crippen molar-refractivity contribution in [2.45, 2.75) is 51.9 Å². The first kappa shape index (κ1) is 13.5. The molecule has 0 amide bonds. The van der Waals surface area contributed by atoms with Crippen molar-refractivity contribution in [2.24, 2.45) is 0 Å². The molecule has 4 heteroatoms. The van der Waals surface area contributed by atoms with E-state index < -0.39 is 0 Å². The molecule has 0 aromatic carbocycles. The van der Waals surface area contributed by atoms with Crippen molar-refractivity contribution in [3.8, 4) is 0 Å². The van der Waals surface area contributed by atoms with Gasteiger partial charge >= 0.3 is 5.97 Å². The van der Waals surface area contributed by atoms with Crippen molar-refractivity contribution in [2.75, 3.05) is 0 Å². The Labute approximate surface area is 89.6 Å². The Hall–Kier alpha value is -0.510. The molecule has 1 atom stereocenters. The van der Waals surface area contributed by atoms with Crippen LogP contribution < -0.4 is 0 Å². The van der Waals surface area contributed by atoms with Gasteiger partial charge in [0.2, 0.25) is 0 Å². The highest BCUT2D eigenvalue weighted by molar-refractivity contribution is 8.14. The van der Waals surface area contributed by atoms with Crippen molar-refractivity contribution in [1.29, 1.82) is 0 Å². The molecule has 0 N–H and O–H groups in total. The standard InChI is InChI=1S/C10H18O3S/c1-7(13-8(2)11)6-9(12)14-10(3,4)5/h7H,6H2,1-5H3/t7-/m0/s1. The minimum atomic E-state index is -0.342. The van der Waals surface area contributed by atoms with Gasteiger partial charge in [0.25, 0.3) is 0 Å². The van der Waals surface area contributed by atoms with Gasteiger partial charge in [0.15, 0.2) is 5.12 Å². The predicted molar refractivity (Wildman–Crippen MR) is 58.2 cm³/mol. The second kappa shape index (κ2) is 5.39. The molecule has 3 nitrogen and oxygen atoms in total. The molecule has 0 saturated carbocycles. The Balaban J connectivity index is 3.89. The lowest BCUT2D eigenvalue weighted by molar-refractivity contribution is -0.146. The maximum atomic E-state index is 11.4. The van der Waals surface area contributed by atoms with E-state index in [9.17, 15) is 9.59 Å². The lowest BCUT2D eigenvalue weighted by Gasteiger charge is -2.17. The van der Waals surface area contributed by atoms with E-state index in [0.717, 1.165) is 0 Å². The van der Waals surface area contributed by atoms with Crippen LogP contribution in [0, 0.1) is 0 Å². The lowest BCUT2D eigenvalue weighted by atomic mass is 10.3. The first-order chi connectivity index (χ1) is 6.20. The quantitative estimate of drug-likeness (QED) is 0.682. The van der Waals surface area contributed by atoms with Gasteiger partial charge in [-0.05, 0) is 6.92 Å². The molecule has 82 valence electrons. The van der Waals surface area contributed by atoms with Gasteiger partial charge in [0.1, 0.15) is 6.10 Å². The lowest BCUT2D eigenvalue weighted by Crippen LogP contribution is -2.18.